The molecule has 1 aromatic heterocycles. The van der Waals surface area contributed by atoms with Gasteiger partial charge in [0.1, 0.15) is 7.05 Å². The van der Waals surface area contributed by atoms with Gasteiger partial charge in [0.25, 0.3) is 0 Å². The molecule has 0 spiro atoms. The zero-order chi connectivity index (χ0) is 22.6. The first-order valence-corrected chi connectivity index (χ1v) is 11.1. The lowest BCUT2D eigenvalue weighted by Crippen LogP contribution is -2.32. The summed E-state index contributed by atoms with van der Waals surface area (Å²) < 4.78 is 2.22. The third kappa shape index (κ3) is 2.82. The van der Waals surface area contributed by atoms with Crippen molar-refractivity contribution in [2.45, 2.75) is 33.1 Å². The predicted molar refractivity (Wildman–Crippen MR) is 132 cm³/mol. The van der Waals surface area contributed by atoms with Crippen LogP contribution in [0.4, 0.5) is 5.69 Å². The van der Waals surface area contributed by atoms with E-state index in [1.807, 2.05) is 12.1 Å². The Balaban J connectivity index is 1.89. The van der Waals surface area contributed by atoms with Gasteiger partial charge in [0.15, 0.2) is 11.9 Å². The molecule has 32 heavy (non-hydrogen) atoms. The van der Waals surface area contributed by atoms with Crippen LogP contribution in [0.2, 0.25) is 0 Å². The molecule has 2 heteroatoms. The molecule has 1 heterocycles. The number of hydrogen-bond acceptors (Lipinski definition) is 0. The predicted octanol–water partition coefficient (Wildman–Crippen LogP) is 7.32. The van der Waals surface area contributed by atoms with Gasteiger partial charge in [-0.3, -0.25) is 0 Å². The lowest BCUT2D eigenvalue weighted by Gasteiger charge is -2.27. The van der Waals surface area contributed by atoms with Crippen molar-refractivity contribution in [1.29, 1.82) is 0 Å². The van der Waals surface area contributed by atoms with Gasteiger partial charge in [-0.05, 0) is 58.4 Å². The number of fused-ring (bicyclic) bond motifs is 3. The summed E-state index contributed by atoms with van der Waals surface area (Å²) >= 11 is 0. The van der Waals surface area contributed by atoms with Gasteiger partial charge in [-0.2, -0.15) is 0 Å². The van der Waals surface area contributed by atoms with Gasteiger partial charge in [0, 0.05) is 17.5 Å². The van der Waals surface area contributed by atoms with Gasteiger partial charge < -0.3 is 0 Å². The Morgan fingerprint density at radius 1 is 0.812 bits per heavy atom. The molecule has 1 aliphatic rings. The second kappa shape index (κ2) is 7.18. The van der Waals surface area contributed by atoms with Crippen LogP contribution in [0, 0.1) is 20.4 Å². The van der Waals surface area contributed by atoms with Gasteiger partial charge >= 0.3 is 0 Å². The summed E-state index contributed by atoms with van der Waals surface area (Å²) in [5.41, 5.74) is 12.8. The lowest BCUT2D eigenvalue weighted by atomic mass is 9.75. The van der Waals surface area contributed by atoms with E-state index >= 15 is 0 Å². The maximum Gasteiger partial charge on any atom is 0.213 e. The topological polar surface area (TPSA) is 8.24 Å². The summed E-state index contributed by atoms with van der Waals surface area (Å²) in [4.78, 5) is 3.92. The smallest absolute Gasteiger partial charge is 0.213 e. The first kappa shape index (κ1) is 20.2. The molecule has 1 aliphatic carbocycles. The van der Waals surface area contributed by atoms with Crippen molar-refractivity contribution in [3.63, 3.8) is 0 Å². The molecule has 0 unspecified atom stereocenters. The van der Waals surface area contributed by atoms with Crippen molar-refractivity contribution < 1.29 is 4.57 Å². The quantitative estimate of drug-likeness (QED) is 0.239. The summed E-state index contributed by atoms with van der Waals surface area (Å²) in [7, 11) is 2.12. The van der Waals surface area contributed by atoms with Gasteiger partial charge in [-0.1, -0.05) is 68.4 Å². The molecule has 2 nitrogen and oxygen atoms in total. The van der Waals surface area contributed by atoms with E-state index in [0.29, 0.717) is 0 Å². The molecule has 0 radical (unpaired) electrons. The van der Waals surface area contributed by atoms with Crippen molar-refractivity contribution in [3.05, 3.63) is 107 Å². The average Bonchev–Trinajstić information content (AvgIpc) is 3.02. The zero-order valence-corrected chi connectivity index (χ0v) is 19.3. The molecule has 5 rings (SSSR count). The molecule has 156 valence electrons. The molecule has 0 saturated carbocycles. The summed E-state index contributed by atoms with van der Waals surface area (Å²) in [5.74, 6) is 0. The Kier molecular flexibility index (Phi) is 4.53. The highest BCUT2D eigenvalue weighted by Gasteiger charge is 2.42. The first-order valence-electron chi connectivity index (χ1n) is 11.1. The molecular weight excluding hydrogens is 388 g/mol. The van der Waals surface area contributed by atoms with Gasteiger partial charge in [0.05, 0.1) is 12.1 Å². The van der Waals surface area contributed by atoms with Gasteiger partial charge in [-0.25, -0.2) is 9.41 Å². The van der Waals surface area contributed by atoms with E-state index in [1.54, 1.807) is 0 Å². The van der Waals surface area contributed by atoms with Crippen molar-refractivity contribution in [1.82, 2.24) is 0 Å². The number of aromatic nitrogens is 1. The molecular formula is C30H27N2+. The minimum atomic E-state index is -0.241. The van der Waals surface area contributed by atoms with Crippen molar-refractivity contribution in [2.75, 3.05) is 0 Å². The number of pyridine rings is 1. The van der Waals surface area contributed by atoms with Crippen LogP contribution in [0.25, 0.3) is 38.4 Å². The lowest BCUT2D eigenvalue weighted by molar-refractivity contribution is -0.660. The highest BCUT2D eigenvalue weighted by atomic mass is 14.9. The SMILES string of the molecule is [C-]#[N+]c1ccc2c(c1-c1ccccc1)C(C)(C)c1c-2ccc(C)c1-c1cc(C)cc[n+]1C. The van der Waals surface area contributed by atoms with E-state index < -0.39 is 0 Å². The summed E-state index contributed by atoms with van der Waals surface area (Å²) in [6.45, 7) is 16.9. The Morgan fingerprint density at radius 2 is 1.47 bits per heavy atom. The zero-order valence-electron chi connectivity index (χ0n) is 19.3. The highest BCUT2D eigenvalue weighted by Crippen LogP contribution is 2.57. The van der Waals surface area contributed by atoms with E-state index in [0.717, 1.165) is 16.8 Å². The monoisotopic (exact) mass is 415 g/mol. The van der Waals surface area contributed by atoms with Crippen molar-refractivity contribution >= 4 is 5.69 Å². The summed E-state index contributed by atoms with van der Waals surface area (Å²) in [5, 5.41) is 0. The fourth-order valence-electron chi connectivity index (χ4n) is 5.41. The van der Waals surface area contributed by atoms with Gasteiger partial charge in [-0.15, -0.1) is 0 Å². The molecule has 0 atom stereocenters. The van der Waals surface area contributed by atoms with Crippen LogP contribution in [0.3, 0.4) is 0 Å². The Hall–Kier alpha value is -3.70. The molecule has 0 amide bonds. The van der Waals surface area contributed by atoms with E-state index in [-0.39, 0.29) is 5.41 Å². The molecule has 0 aliphatic heterocycles. The number of hydrogen-bond donors (Lipinski definition) is 0. The average molecular weight is 416 g/mol. The van der Waals surface area contributed by atoms with E-state index in [4.69, 9.17) is 6.57 Å². The van der Waals surface area contributed by atoms with Crippen LogP contribution in [-0.2, 0) is 12.5 Å². The maximum atomic E-state index is 7.87. The van der Waals surface area contributed by atoms with Crippen LogP contribution in [-0.4, -0.2) is 0 Å². The van der Waals surface area contributed by atoms with Crippen molar-refractivity contribution in [3.8, 4) is 33.5 Å². The Morgan fingerprint density at radius 3 is 2.16 bits per heavy atom. The first-order chi connectivity index (χ1) is 15.3. The van der Waals surface area contributed by atoms with Crippen molar-refractivity contribution in [2.24, 2.45) is 7.05 Å². The molecule has 3 aromatic carbocycles. The Bertz CT molecular complexity index is 1420. The third-order valence-corrected chi connectivity index (χ3v) is 6.88. The van der Waals surface area contributed by atoms with E-state index in [1.165, 1.54) is 44.6 Å². The third-order valence-electron chi connectivity index (χ3n) is 6.88. The largest absolute Gasteiger partial charge is 0.238 e. The number of nitrogens with zero attached hydrogens (tertiary/aromatic N) is 2. The Labute approximate surface area is 190 Å². The van der Waals surface area contributed by atoms with Crippen LogP contribution in [0.1, 0.15) is 36.1 Å². The van der Waals surface area contributed by atoms with Crippen LogP contribution >= 0.6 is 0 Å². The number of rotatable bonds is 2. The van der Waals surface area contributed by atoms with Gasteiger partial charge in [0.2, 0.25) is 5.69 Å². The van der Waals surface area contributed by atoms with Crippen LogP contribution in [0.5, 0.6) is 0 Å². The highest BCUT2D eigenvalue weighted by molar-refractivity contribution is 5.96. The fourth-order valence-corrected chi connectivity index (χ4v) is 5.41. The summed E-state index contributed by atoms with van der Waals surface area (Å²) in [6.07, 6.45) is 2.14. The second-order valence-corrected chi connectivity index (χ2v) is 9.37. The minimum Gasteiger partial charge on any atom is -0.238 e. The van der Waals surface area contributed by atoms with Crippen LogP contribution in [0.15, 0.2) is 72.9 Å². The van der Waals surface area contributed by atoms with E-state index in [9.17, 15) is 0 Å². The standard InChI is InChI=1S/C30H27N2/c1-19-16-17-32(6)25(18-19)26-20(2)12-13-22-23-14-15-24(31-5)27(21-10-8-7-9-11-21)29(23)30(3,4)28(22)26/h7-18H,1-4,6H3/q+1. The molecule has 0 bridgehead atoms. The van der Waals surface area contributed by atoms with E-state index in [2.05, 4.69) is 105 Å². The molecule has 4 aromatic rings. The molecule has 0 fully saturated rings. The second-order valence-electron chi connectivity index (χ2n) is 9.37. The fraction of sp³-hybridized carbons (Fsp3) is 0.200. The number of benzene rings is 3. The summed E-state index contributed by atoms with van der Waals surface area (Å²) in [6, 6.07) is 23.5. The minimum absolute atomic E-state index is 0.241. The normalized spacial score (nSPS) is 13.4. The van der Waals surface area contributed by atoms with Crippen LogP contribution < -0.4 is 4.57 Å². The maximum absolute atomic E-state index is 7.87. The molecule has 0 N–H and O–H groups in total. The number of aryl methyl sites for hydroxylation is 3. The molecule has 0 saturated heterocycles.